The highest BCUT2D eigenvalue weighted by Crippen LogP contribution is 2.40. The molecule has 0 radical (unpaired) electrons. The average Bonchev–Trinajstić information content (AvgIpc) is 3.14. The standard InChI is InChI=1S/C21H40N4O2.HI/c1-3-27-16-14-21(12-7-8-13-21)17-24-20(22-2)23-15-11-19(26)25-18-9-5-4-6-10-18;/h18H,3-17H2,1-2H3,(H,25,26)(H2,22,23,24);1H. The van der Waals surface area contributed by atoms with Gasteiger partial charge in [-0.25, -0.2) is 0 Å². The minimum absolute atomic E-state index is 0. The van der Waals surface area contributed by atoms with E-state index in [0.29, 0.717) is 24.4 Å². The van der Waals surface area contributed by atoms with E-state index >= 15 is 0 Å². The average molecular weight is 508 g/mol. The molecule has 0 aliphatic heterocycles. The lowest BCUT2D eigenvalue weighted by Gasteiger charge is -2.30. The SMILES string of the molecule is CCOCCC1(CNC(=NC)NCCC(=O)NC2CCCCC2)CCCC1.I. The first-order valence-electron chi connectivity index (χ1n) is 11.0. The molecule has 2 aliphatic carbocycles. The Morgan fingerprint density at radius 1 is 1.11 bits per heavy atom. The van der Waals surface area contributed by atoms with Crippen molar-refractivity contribution in [3.63, 3.8) is 0 Å². The number of guanidine groups is 1. The van der Waals surface area contributed by atoms with Gasteiger partial charge in [-0.05, 0) is 44.4 Å². The van der Waals surface area contributed by atoms with Gasteiger partial charge in [0.05, 0.1) is 0 Å². The van der Waals surface area contributed by atoms with Gasteiger partial charge in [0, 0.05) is 45.8 Å². The van der Waals surface area contributed by atoms with Gasteiger partial charge in [0.2, 0.25) is 5.91 Å². The second-order valence-corrected chi connectivity index (χ2v) is 8.16. The molecule has 0 aromatic rings. The van der Waals surface area contributed by atoms with Crippen molar-refractivity contribution in [2.45, 2.75) is 83.6 Å². The van der Waals surface area contributed by atoms with Crippen molar-refractivity contribution in [2.24, 2.45) is 10.4 Å². The summed E-state index contributed by atoms with van der Waals surface area (Å²) in [6.45, 7) is 5.22. The number of nitrogens with one attached hydrogen (secondary N) is 3. The highest BCUT2D eigenvalue weighted by atomic mass is 127. The van der Waals surface area contributed by atoms with Crippen LogP contribution in [0.1, 0.15) is 77.6 Å². The van der Waals surface area contributed by atoms with Crippen LogP contribution in [-0.2, 0) is 9.53 Å². The zero-order valence-corrected chi connectivity index (χ0v) is 20.2. The van der Waals surface area contributed by atoms with Crippen molar-refractivity contribution < 1.29 is 9.53 Å². The molecule has 0 spiro atoms. The lowest BCUT2D eigenvalue weighted by Crippen LogP contribution is -2.44. The quantitative estimate of drug-likeness (QED) is 0.183. The lowest BCUT2D eigenvalue weighted by atomic mass is 9.83. The number of carbonyl (C=O) groups is 1. The van der Waals surface area contributed by atoms with Crippen LogP contribution in [0.5, 0.6) is 0 Å². The molecule has 28 heavy (non-hydrogen) atoms. The number of carbonyl (C=O) groups excluding carboxylic acids is 1. The van der Waals surface area contributed by atoms with Crippen molar-refractivity contribution in [1.29, 1.82) is 0 Å². The van der Waals surface area contributed by atoms with Crippen molar-refractivity contribution in [1.82, 2.24) is 16.0 Å². The smallest absolute Gasteiger partial charge is 0.221 e. The molecule has 2 saturated carbocycles. The Labute approximate surface area is 188 Å². The van der Waals surface area contributed by atoms with E-state index in [1.807, 2.05) is 0 Å². The van der Waals surface area contributed by atoms with Gasteiger partial charge in [-0.1, -0.05) is 32.1 Å². The summed E-state index contributed by atoms with van der Waals surface area (Å²) in [5, 5.41) is 9.95. The summed E-state index contributed by atoms with van der Waals surface area (Å²) in [5.41, 5.74) is 0.325. The van der Waals surface area contributed by atoms with E-state index < -0.39 is 0 Å². The van der Waals surface area contributed by atoms with Gasteiger partial charge in [0.15, 0.2) is 5.96 Å². The molecule has 1 amide bonds. The van der Waals surface area contributed by atoms with E-state index in [9.17, 15) is 4.79 Å². The van der Waals surface area contributed by atoms with Crippen LogP contribution in [0.25, 0.3) is 0 Å². The summed E-state index contributed by atoms with van der Waals surface area (Å²) >= 11 is 0. The predicted molar refractivity (Wildman–Crippen MR) is 126 cm³/mol. The molecule has 2 rings (SSSR count). The first-order chi connectivity index (χ1) is 13.2. The monoisotopic (exact) mass is 508 g/mol. The molecule has 3 N–H and O–H groups in total. The molecule has 0 atom stereocenters. The molecular formula is C21H41IN4O2. The lowest BCUT2D eigenvalue weighted by molar-refractivity contribution is -0.121. The molecule has 0 unspecified atom stereocenters. The minimum atomic E-state index is 0. The molecule has 0 aromatic heterocycles. The van der Waals surface area contributed by atoms with E-state index in [-0.39, 0.29) is 29.9 Å². The van der Waals surface area contributed by atoms with Crippen molar-refractivity contribution >= 4 is 35.8 Å². The van der Waals surface area contributed by atoms with E-state index in [1.165, 1.54) is 44.9 Å². The first kappa shape index (κ1) is 25.5. The fraction of sp³-hybridized carbons (Fsp3) is 0.905. The van der Waals surface area contributed by atoms with E-state index in [1.54, 1.807) is 7.05 Å². The van der Waals surface area contributed by atoms with Gasteiger partial charge in [0.1, 0.15) is 0 Å². The van der Waals surface area contributed by atoms with Crippen LogP contribution in [0.4, 0.5) is 0 Å². The third kappa shape index (κ3) is 9.29. The Morgan fingerprint density at radius 2 is 1.82 bits per heavy atom. The molecule has 6 nitrogen and oxygen atoms in total. The van der Waals surface area contributed by atoms with E-state index in [2.05, 4.69) is 27.9 Å². The summed E-state index contributed by atoms with van der Waals surface area (Å²) in [6, 6.07) is 0.385. The number of hydrogen-bond acceptors (Lipinski definition) is 3. The van der Waals surface area contributed by atoms with Gasteiger partial charge in [-0.3, -0.25) is 9.79 Å². The molecule has 164 valence electrons. The second kappa shape index (κ2) is 14.4. The molecular weight excluding hydrogens is 467 g/mol. The predicted octanol–water partition coefficient (Wildman–Crippen LogP) is 3.60. The number of rotatable bonds is 10. The Morgan fingerprint density at radius 3 is 2.46 bits per heavy atom. The summed E-state index contributed by atoms with van der Waals surface area (Å²) in [7, 11) is 1.79. The highest BCUT2D eigenvalue weighted by molar-refractivity contribution is 14.0. The number of nitrogens with zero attached hydrogens (tertiary/aromatic N) is 1. The topological polar surface area (TPSA) is 74.8 Å². The number of halogens is 1. The summed E-state index contributed by atoms with van der Waals surface area (Å²) < 4.78 is 5.59. The number of amides is 1. The maximum atomic E-state index is 12.1. The van der Waals surface area contributed by atoms with Crippen LogP contribution in [0.3, 0.4) is 0 Å². The fourth-order valence-electron chi connectivity index (χ4n) is 4.41. The molecule has 0 saturated heterocycles. The Bertz CT molecular complexity index is 461. The van der Waals surface area contributed by atoms with Crippen LogP contribution in [0.2, 0.25) is 0 Å². The number of aliphatic imine (C=N–C) groups is 1. The summed E-state index contributed by atoms with van der Waals surface area (Å²) in [5.74, 6) is 0.942. The van der Waals surface area contributed by atoms with Crippen LogP contribution in [0, 0.1) is 5.41 Å². The van der Waals surface area contributed by atoms with Crippen molar-refractivity contribution in [2.75, 3.05) is 33.4 Å². The minimum Gasteiger partial charge on any atom is -0.382 e. The maximum Gasteiger partial charge on any atom is 0.221 e. The van der Waals surface area contributed by atoms with E-state index in [0.717, 1.165) is 45.0 Å². The third-order valence-corrected chi connectivity index (χ3v) is 6.11. The Kier molecular flexibility index (Phi) is 13.1. The summed E-state index contributed by atoms with van der Waals surface area (Å²) in [4.78, 5) is 16.4. The first-order valence-corrected chi connectivity index (χ1v) is 11.0. The molecule has 2 fully saturated rings. The molecule has 0 heterocycles. The fourth-order valence-corrected chi connectivity index (χ4v) is 4.41. The van der Waals surface area contributed by atoms with Gasteiger partial charge in [-0.15, -0.1) is 24.0 Å². The largest absolute Gasteiger partial charge is 0.382 e. The van der Waals surface area contributed by atoms with Gasteiger partial charge in [0.25, 0.3) is 0 Å². The number of hydrogen-bond donors (Lipinski definition) is 3. The van der Waals surface area contributed by atoms with E-state index in [4.69, 9.17) is 4.74 Å². The van der Waals surface area contributed by atoms with Crippen LogP contribution in [0.15, 0.2) is 4.99 Å². The van der Waals surface area contributed by atoms with Gasteiger partial charge >= 0.3 is 0 Å². The maximum absolute atomic E-state index is 12.1. The normalized spacial score (nSPS) is 19.7. The van der Waals surface area contributed by atoms with Crippen LogP contribution in [-0.4, -0.2) is 51.3 Å². The summed E-state index contributed by atoms with van der Waals surface area (Å²) in [6.07, 6.45) is 12.8. The third-order valence-electron chi connectivity index (χ3n) is 6.11. The zero-order valence-electron chi connectivity index (χ0n) is 17.9. The Hall–Kier alpha value is -0.570. The molecule has 7 heteroatoms. The van der Waals surface area contributed by atoms with Gasteiger partial charge in [-0.2, -0.15) is 0 Å². The molecule has 2 aliphatic rings. The Balaban J connectivity index is 0.00000392. The molecule has 0 bridgehead atoms. The second-order valence-electron chi connectivity index (χ2n) is 8.16. The zero-order chi connectivity index (χ0) is 19.4. The number of ether oxygens (including phenoxy) is 1. The van der Waals surface area contributed by atoms with Crippen LogP contribution < -0.4 is 16.0 Å². The van der Waals surface area contributed by atoms with Crippen molar-refractivity contribution in [3.05, 3.63) is 0 Å². The molecule has 0 aromatic carbocycles. The van der Waals surface area contributed by atoms with Crippen LogP contribution >= 0.6 is 24.0 Å². The van der Waals surface area contributed by atoms with Crippen molar-refractivity contribution in [3.8, 4) is 0 Å². The van der Waals surface area contributed by atoms with Gasteiger partial charge < -0.3 is 20.7 Å². The highest BCUT2D eigenvalue weighted by Gasteiger charge is 2.33.